The van der Waals surface area contributed by atoms with Gasteiger partial charge in [0.05, 0.1) is 30.1 Å². The molecule has 1 N–H and O–H groups in total. The number of alkyl halides is 8. The Kier molecular flexibility index (Phi) is 7.72. The van der Waals surface area contributed by atoms with E-state index >= 15 is 0 Å². The van der Waals surface area contributed by atoms with Crippen molar-refractivity contribution >= 4 is 28.0 Å². The Morgan fingerprint density at radius 2 is 1.53 bits per heavy atom. The van der Waals surface area contributed by atoms with E-state index in [1.807, 2.05) is 0 Å². The zero-order valence-corrected chi connectivity index (χ0v) is 28.2. The van der Waals surface area contributed by atoms with Crippen LogP contribution in [-0.2, 0) is 48.2 Å². The molecular weight excluding hydrogens is 734 g/mol. The molecule has 8 rings (SSSR count). The predicted octanol–water partition coefficient (Wildman–Crippen LogP) is 3.77. The van der Waals surface area contributed by atoms with Crippen molar-refractivity contribution in [1.29, 1.82) is 0 Å². The second-order valence-electron chi connectivity index (χ2n) is 16.0. The highest BCUT2D eigenvalue weighted by Crippen LogP contribution is 2.69. The number of hydrogen-bond acceptors (Lipinski definition) is 10. The van der Waals surface area contributed by atoms with E-state index < -0.39 is 129 Å². The Balaban J connectivity index is 1.16. The zero-order valence-electron chi connectivity index (χ0n) is 27.4. The number of amides is 1. The molecule has 0 radical (unpaired) electrons. The standard InChI is InChI=1S/C30H35F8NO11S/c1-11(28(31,32)51(43,44)45)47-22(41)16-15-18-17(39(21(15)40)24(2,3)4)20(19(16)48-18)49-23(42)25-7-12-5-13(8-25)27(14(6-12)9-25)46-10-26(50-27,29(33,34)35)30(36,37)38/h11-20H,5-10H2,1-4H3,(H,43,44,45). The normalized spacial score (nSPS) is 41.9. The van der Waals surface area contributed by atoms with E-state index in [0.29, 0.717) is 6.92 Å². The maximum absolute atomic E-state index is 14.3. The van der Waals surface area contributed by atoms with Crippen LogP contribution in [0.25, 0.3) is 0 Å². The first kappa shape index (κ1) is 37.0. The van der Waals surface area contributed by atoms with Crippen LogP contribution in [0.3, 0.4) is 0 Å². The Labute approximate surface area is 285 Å². The highest BCUT2D eigenvalue weighted by Gasteiger charge is 2.82. The van der Waals surface area contributed by atoms with Crippen LogP contribution in [0.2, 0.25) is 0 Å². The highest BCUT2D eigenvalue weighted by molar-refractivity contribution is 7.86. The number of ether oxygens (including phenoxy) is 5. The molecule has 4 aliphatic heterocycles. The van der Waals surface area contributed by atoms with E-state index in [4.69, 9.17) is 28.2 Å². The fraction of sp³-hybridized carbons (Fsp3) is 0.900. The Bertz CT molecular complexity index is 1610. The van der Waals surface area contributed by atoms with Crippen LogP contribution in [0.4, 0.5) is 35.1 Å². The van der Waals surface area contributed by atoms with E-state index in [0.717, 1.165) is 0 Å². The van der Waals surface area contributed by atoms with Crippen molar-refractivity contribution < 1.29 is 86.2 Å². The van der Waals surface area contributed by atoms with E-state index in [1.165, 1.54) is 4.90 Å². The average Bonchev–Trinajstić information content (AvgIpc) is 3.69. The zero-order chi connectivity index (χ0) is 37.9. The minimum absolute atomic E-state index is 0.130. The molecule has 4 saturated carbocycles. The molecule has 6 bridgehead atoms. The predicted molar refractivity (Wildman–Crippen MR) is 149 cm³/mol. The number of esters is 2. The van der Waals surface area contributed by atoms with Gasteiger partial charge in [-0.2, -0.15) is 43.5 Å². The molecule has 12 nitrogen and oxygen atoms in total. The number of carbonyl (C=O) groups excluding carboxylic acids is 3. The summed E-state index contributed by atoms with van der Waals surface area (Å²) in [5.74, 6) is -10.6. The van der Waals surface area contributed by atoms with Gasteiger partial charge in [0, 0.05) is 17.4 Å². The molecule has 0 aromatic rings. The minimum Gasteiger partial charge on any atom is -0.457 e. The van der Waals surface area contributed by atoms with E-state index in [-0.39, 0.29) is 38.0 Å². The number of nitrogens with zero attached hydrogens (tertiary/aromatic N) is 1. The minimum atomic E-state index is -6.02. The van der Waals surface area contributed by atoms with E-state index in [2.05, 4.69) is 0 Å². The molecule has 4 saturated heterocycles. The van der Waals surface area contributed by atoms with E-state index in [9.17, 15) is 57.9 Å². The fourth-order valence-electron chi connectivity index (χ4n) is 10.2. The molecule has 21 heteroatoms. The van der Waals surface area contributed by atoms with Crippen molar-refractivity contribution in [2.75, 3.05) is 6.61 Å². The number of halogens is 8. The van der Waals surface area contributed by atoms with Crippen LogP contribution < -0.4 is 0 Å². The third kappa shape index (κ3) is 4.88. The second-order valence-corrected chi connectivity index (χ2v) is 17.5. The van der Waals surface area contributed by atoms with Gasteiger partial charge in [-0.3, -0.25) is 18.9 Å². The monoisotopic (exact) mass is 769 g/mol. The molecule has 0 aromatic carbocycles. The molecule has 4 heterocycles. The maximum Gasteiger partial charge on any atom is 0.428 e. The molecule has 1 spiro atoms. The summed E-state index contributed by atoms with van der Waals surface area (Å²) in [6, 6.07) is -0.974. The van der Waals surface area contributed by atoms with Crippen LogP contribution in [0.5, 0.6) is 0 Å². The van der Waals surface area contributed by atoms with Gasteiger partial charge in [-0.1, -0.05) is 0 Å². The maximum atomic E-state index is 14.3. The summed E-state index contributed by atoms with van der Waals surface area (Å²) in [4.78, 5) is 42.7. The van der Waals surface area contributed by atoms with Crippen LogP contribution >= 0.6 is 0 Å². The molecule has 51 heavy (non-hydrogen) atoms. The van der Waals surface area contributed by atoms with Gasteiger partial charge in [0.1, 0.15) is 12.0 Å². The number of carbonyl (C=O) groups is 3. The topological polar surface area (TPSA) is 155 Å². The summed E-state index contributed by atoms with van der Waals surface area (Å²) in [5.41, 5.74) is -6.93. The van der Waals surface area contributed by atoms with Crippen molar-refractivity contribution in [1.82, 2.24) is 4.90 Å². The first-order valence-corrected chi connectivity index (χ1v) is 17.8. The van der Waals surface area contributed by atoms with Crippen molar-refractivity contribution in [2.24, 2.45) is 35.0 Å². The Hall–Kier alpha value is -2.36. The average molecular weight is 770 g/mol. The molecular formula is C30H35F8NO11S. The smallest absolute Gasteiger partial charge is 0.428 e. The van der Waals surface area contributed by atoms with Gasteiger partial charge in [-0.25, -0.2) is 0 Å². The summed E-state index contributed by atoms with van der Waals surface area (Å²) in [7, 11) is -6.02. The summed E-state index contributed by atoms with van der Waals surface area (Å²) in [6.45, 7) is 3.65. The van der Waals surface area contributed by atoms with Crippen molar-refractivity contribution in [3.63, 3.8) is 0 Å². The summed E-state index contributed by atoms with van der Waals surface area (Å²) in [6.07, 6.45) is -18.4. The lowest BCUT2D eigenvalue weighted by atomic mass is 9.47. The number of likely N-dealkylation sites (tertiary alicyclic amines) is 1. The van der Waals surface area contributed by atoms with Crippen molar-refractivity contribution in [3.05, 3.63) is 0 Å². The lowest BCUT2D eigenvalue weighted by Crippen LogP contribution is -2.66. The fourth-order valence-corrected chi connectivity index (χ4v) is 10.6. The third-order valence-electron chi connectivity index (χ3n) is 12.1. The molecule has 9 atom stereocenters. The van der Waals surface area contributed by atoms with Gasteiger partial charge in [-0.05, 0) is 65.7 Å². The largest absolute Gasteiger partial charge is 0.457 e. The number of fused-ring (bicyclic) bond motifs is 1. The quantitative estimate of drug-likeness (QED) is 0.239. The van der Waals surface area contributed by atoms with Gasteiger partial charge >= 0.3 is 39.7 Å². The van der Waals surface area contributed by atoms with Gasteiger partial charge in [0.25, 0.3) is 5.60 Å². The molecule has 4 aliphatic carbocycles. The molecule has 8 fully saturated rings. The van der Waals surface area contributed by atoms with Gasteiger partial charge in [-0.15, -0.1) is 0 Å². The Morgan fingerprint density at radius 3 is 2.02 bits per heavy atom. The second kappa shape index (κ2) is 10.7. The molecule has 8 aliphatic rings. The molecule has 1 amide bonds. The molecule has 288 valence electrons. The highest BCUT2D eigenvalue weighted by atomic mass is 32.2. The molecule has 0 aromatic heterocycles. The summed E-state index contributed by atoms with van der Waals surface area (Å²) in [5, 5.41) is -4.92. The first-order chi connectivity index (χ1) is 23.1. The Morgan fingerprint density at radius 1 is 0.961 bits per heavy atom. The summed E-state index contributed by atoms with van der Waals surface area (Å²) < 4.78 is 171. The van der Waals surface area contributed by atoms with Gasteiger partial charge in [0.15, 0.2) is 18.0 Å². The van der Waals surface area contributed by atoms with E-state index in [1.54, 1.807) is 20.8 Å². The van der Waals surface area contributed by atoms with Gasteiger partial charge in [0.2, 0.25) is 5.91 Å². The number of hydrogen-bond donors (Lipinski definition) is 1. The lowest BCUT2D eigenvalue weighted by molar-refractivity contribution is -0.403. The van der Waals surface area contributed by atoms with Gasteiger partial charge < -0.3 is 28.6 Å². The van der Waals surface area contributed by atoms with Crippen LogP contribution in [0.1, 0.15) is 59.8 Å². The van der Waals surface area contributed by atoms with Crippen LogP contribution in [-0.4, -0.2) is 107 Å². The lowest BCUT2D eigenvalue weighted by Gasteiger charge is -2.62. The SMILES string of the molecule is CC(OC(=O)C1C2OC3C1C(=O)N(C(C)(C)C)C3C2OC(=O)C12CC3CC(C1)C1(OCC(C(F)(F)F)(C(F)(F)F)O1)C(C3)C2)C(F)(F)S(=O)(=O)O. The van der Waals surface area contributed by atoms with Crippen LogP contribution in [0.15, 0.2) is 0 Å². The third-order valence-corrected chi connectivity index (χ3v) is 13.1. The van der Waals surface area contributed by atoms with Crippen molar-refractivity contribution in [2.45, 2.75) is 125 Å². The first-order valence-electron chi connectivity index (χ1n) is 16.3. The molecule has 9 unspecified atom stereocenters. The number of rotatable bonds is 6. The van der Waals surface area contributed by atoms with Crippen LogP contribution in [0, 0.1) is 35.0 Å². The van der Waals surface area contributed by atoms with Crippen molar-refractivity contribution in [3.8, 4) is 0 Å². The summed E-state index contributed by atoms with van der Waals surface area (Å²) >= 11 is 0.